The van der Waals surface area contributed by atoms with Gasteiger partial charge in [-0.2, -0.15) is 0 Å². The molecule has 0 aliphatic rings. The third-order valence-corrected chi connectivity index (χ3v) is 3.77. The molecule has 2 heterocycles. The maximum absolute atomic E-state index is 10.4. The Kier molecular flexibility index (Phi) is 4.10. The number of hydrogen-bond donors (Lipinski definition) is 3. The number of nitrogens with zero attached hydrogens (tertiary/aromatic N) is 3. The molecule has 3 rings (SSSR count). The summed E-state index contributed by atoms with van der Waals surface area (Å²) in [5.41, 5.74) is 2.57. The van der Waals surface area contributed by atoms with E-state index in [0.717, 1.165) is 21.3 Å². The van der Waals surface area contributed by atoms with Gasteiger partial charge < -0.3 is 15.7 Å². The second-order valence-electron chi connectivity index (χ2n) is 4.70. The van der Waals surface area contributed by atoms with E-state index in [0.29, 0.717) is 25.3 Å². The molecule has 0 fully saturated rings. The van der Waals surface area contributed by atoms with Gasteiger partial charge in [-0.25, -0.2) is 14.8 Å². The molecular weight excluding hydrogens is 350 g/mol. The van der Waals surface area contributed by atoms with E-state index in [-0.39, 0.29) is 0 Å². The summed E-state index contributed by atoms with van der Waals surface area (Å²) in [5.74, 6) is 0.680. The quantitative estimate of drug-likeness (QED) is 0.606. The van der Waals surface area contributed by atoms with Crippen LogP contribution in [0.3, 0.4) is 0 Å². The minimum absolute atomic E-state index is 0.393. The number of carbonyl (C=O) groups is 1. The molecule has 0 saturated carbocycles. The molecule has 22 heavy (non-hydrogen) atoms. The van der Waals surface area contributed by atoms with Gasteiger partial charge in [0.1, 0.15) is 4.60 Å². The first-order valence-electron chi connectivity index (χ1n) is 6.79. The fourth-order valence-electron chi connectivity index (χ4n) is 2.25. The van der Waals surface area contributed by atoms with Crippen molar-refractivity contribution in [1.82, 2.24) is 19.7 Å². The van der Waals surface area contributed by atoms with Crippen molar-refractivity contribution in [2.45, 2.75) is 6.42 Å². The maximum atomic E-state index is 10.4. The average Bonchev–Trinajstić information content (AvgIpc) is 2.89. The van der Waals surface area contributed by atoms with Gasteiger partial charge in [-0.05, 0) is 34.5 Å². The molecule has 0 aliphatic carbocycles. The van der Waals surface area contributed by atoms with Gasteiger partial charge in [0.2, 0.25) is 0 Å². The highest BCUT2D eigenvalue weighted by atomic mass is 79.9. The summed E-state index contributed by atoms with van der Waals surface area (Å²) < 4.78 is 2.84. The topological polar surface area (TPSA) is 91.5 Å². The van der Waals surface area contributed by atoms with Gasteiger partial charge in [-0.3, -0.25) is 4.40 Å². The Morgan fingerprint density at radius 3 is 2.95 bits per heavy atom. The monoisotopic (exact) mass is 363 g/mol. The van der Waals surface area contributed by atoms with Crippen molar-refractivity contribution in [2.24, 2.45) is 0 Å². The lowest BCUT2D eigenvalue weighted by molar-refractivity contribution is 0.194. The molecule has 1 aromatic carbocycles. The molecule has 8 heteroatoms. The van der Waals surface area contributed by atoms with Crippen LogP contribution in [0.15, 0.2) is 35.1 Å². The largest absolute Gasteiger partial charge is 0.465 e. The van der Waals surface area contributed by atoms with E-state index >= 15 is 0 Å². The molecule has 0 spiro atoms. The minimum atomic E-state index is -1.01. The number of imidazole rings is 1. The number of hydrogen-bond acceptors (Lipinski definition) is 4. The molecule has 0 saturated heterocycles. The number of carboxylic acid groups (broad SMARTS) is 1. The van der Waals surface area contributed by atoms with Crippen LogP contribution in [0.5, 0.6) is 0 Å². The number of benzene rings is 1. The van der Waals surface area contributed by atoms with Crippen molar-refractivity contribution >= 4 is 44.5 Å². The number of anilines is 1. The molecule has 0 bridgehead atoms. The van der Waals surface area contributed by atoms with E-state index in [1.54, 1.807) is 6.20 Å². The van der Waals surface area contributed by atoms with E-state index < -0.39 is 6.09 Å². The number of halogens is 1. The summed E-state index contributed by atoms with van der Waals surface area (Å²) in [5, 5.41) is 14.1. The second kappa shape index (κ2) is 6.18. The summed E-state index contributed by atoms with van der Waals surface area (Å²) in [6.07, 6.45) is 1.39. The summed E-state index contributed by atoms with van der Waals surface area (Å²) in [4.78, 5) is 19.4. The third kappa shape index (κ3) is 2.82. The van der Waals surface area contributed by atoms with Crippen LogP contribution in [-0.2, 0) is 0 Å². The molecule has 0 atom stereocenters. The number of aromatic nitrogens is 3. The van der Waals surface area contributed by atoms with Crippen LogP contribution < -0.4 is 10.6 Å². The van der Waals surface area contributed by atoms with Crippen molar-refractivity contribution in [1.29, 1.82) is 0 Å². The van der Waals surface area contributed by atoms with Crippen LogP contribution >= 0.6 is 15.9 Å². The molecule has 1 amide bonds. The highest BCUT2D eigenvalue weighted by molar-refractivity contribution is 9.10. The van der Waals surface area contributed by atoms with Crippen molar-refractivity contribution in [3.63, 3.8) is 0 Å². The van der Waals surface area contributed by atoms with Crippen LogP contribution in [0.1, 0.15) is 6.42 Å². The Morgan fingerprint density at radius 2 is 2.14 bits per heavy atom. The van der Waals surface area contributed by atoms with Gasteiger partial charge >= 0.3 is 6.09 Å². The van der Waals surface area contributed by atoms with E-state index in [2.05, 4.69) is 36.5 Å². The van der Waals surface area contributed by atoms with Crippen molar-refractivity contribution in [3.05, 3.63) is 35.1 Å². The molecule has 2 aromatic heterocycles. The van der Waals surface area contributed by atoms with Crippen molar-refractivity contribution < 1.29 is 9.90 Å². The van der Waals surface area contributed by atoms with E-state index in [1.807, 2.05) is 28.7 Å². The molecule has 3 aromatic rings. The van der Waals surface area contributed by atoms with Gasteiger partial charge in [-0.15, -0.1) is 0 Å². The number of fused-ring (bicyclic) bond motifs is 3. The minimum Gasteiger partial charge on any atom is -0.465 e. The Morgan fingerprint density at radius 1 is 1.32 bits per heavy atom. The number of amides is 1. The van der Waals surface area contributed by atoms with E-state index in [9.17, 15) is 4.79 Å². The van der Waals surface area contributed by atoms with Crippen LogP contribution in [-0.4, -0.2) is 38.7 Å². The first-order valence-corrected chi connectivity index (χ1v) is 7.58. The lowest BCUT2D eigenvalue weighted by Gasteiger charge is -2.10. The highest BCUT2D eigenvalue weighted by Gasteiger charge is 2.11. The van der Waals surface area contributed by atoms with Crippen LogP contribution in [0.25, 0.3) is 16.7 Å². The van der Waals surface area contributed by atoms with E-state index in [4.69, 9.17) is 5.11 Å². The first-order chi connectivity index (χ1) is 10.7. The Bertz CT molecular complexity index is 833. The summed E-state index contributed by atoms with van der Waals surface area (Å²) in [6, 6.07) is 7.83. The predicted octanol–water partition coefficient (Wildman–Crippen LogP) is 2.71. The van der Waals surface area contributed by atoms with Gasteiger partial charge in [0.25, 0.3) is 0 Å². The fourth-order valence-corrected chi connectivity index (χ4v) is 2.72. The second-order valence-corrected chi connectivity index (χ2v) is 5.51. The van der Waals surface area contributed by atoms with Gasteiger partial charge in [0.15, 0.2) is 11.5 Å². The van der Waals surface area contributed by atoms with Crippen molar-refractivity contribution in [2.75, 3.05) is 18.4 Å². The zero-order valence-electron chi connectivity index (χ0n) is 11.6. The normalized spacial score (nSPS) is 11.0. The van der Waals surface area contributed by atoms with Crippen LogP contribution in [0.2, 0.25) is 0 Å². The molecule has 3 N–H and O–H groups in total. The molecule has 0 aliphatic heterocycles. The number of nitrogens with one attached hydrogen (secondary N) is 2. The zero-order valence-corrected chi connectivity index (χ0v) is 13.2. The summed E-state index contributed by atoms with van der Waals surface area (Å²) >= 11 is 3.50. The predicted molar refractivity (Wildman–Crippen MR) is 87.3 cm³/mol. The molecular formula is C14H14BrN5O2. The smallest absolute Gasteiger partial charge is 0.404 e. The highest BCUT2D eigenvalue weighted by Crippen LogP contribution is 2.24. The fraction of sp³-hybridized carbons (Fsp3) is 0.214. The number of rotatable bonds is 5. The van der Waals surface area contributed by atoms with Gasteiger partial charge in [0, 0.05) is 13.1 Å². The van der Waals surface area contributed by atoms with Gasteiger partial charge in [0.05, 0.1) is 17.2 Å². The standard InChI is InChI=1S/C14H14BrN5O2/c15-11-8-18-13-12(16-6-3-7-17-14(21)22)19-9-4-1-2-5-10(9)20(11)13/h1-2,4-5,8,17H,3,6-7H2,(H,16,19)(H,21,22). The SMILES string of the molecule is O=C(O)NCCCNc1nc2ccccc2n2c(Br)cnc12. The zero-order chi connectivity index (χ0) is 15.5. The van der Waals surface area contributed by atoms with Crippen LogP contribution in [0.4, 0.5) is 10.6 Å². The van der Waals surface area contributed by atoms with Crippen molar-refractivity contribution in [3.8, 4) is 0 Å². The summed E-state index contributed by atoms with van der Waals surface area (Å²) in [6.45, 7) is 0.996. The maximum Gasteiger partial charge on any atom is 0.404 e. The molecule has 0 unspecified atom stereocenters. The molecule has 114 valence electrons. The van der Waals surface area contributed by atoms with Gasteiger partial charge in [-0.1, -0.05) is 12.1 Å². The lowest BCUT2D eigenvalue weighted by atomic mass is 10.3. The first kappa shape index (κ1) is 14.6. The Balaban J connectivity index is 1.87. The molecule has 0 radical (unpaired) electrons. The van der Waals surface area contributed by atoms with Crippen LogP contribution in [0, 0.1) is 0 Å². The third-order valence-electron chi connectivity index (χ3n) is 3.21. The molecule has 7 nitrogen and oxygen atoms in total. The average molecular weight is 364 g/mol. The number of para-hydroxylation sites is 2. The Hall–Kier alpha value is -2.35. The summed E-state index contributed by atoms with van der Waals surface area (Å²) in [7, 11) is 0. The lowest BCUT2D eigenvalue weighted by Crippen LogP contribution is -2.23. The Labute approximate surface area is 134 Å². The van der Waals surface area contributed by atoms with E-state index in [1.165, 1.54) is 0 Å².